The van der Waals surface area contributed by atoms with Gasteiger partial charge in [-0.2, -0.15) is 0 Å². The van der Waals surface area contributed by atoms with Crippen LogP contribution in [0, 0.1) is 17.3 Å². The van der Waals surface area contributed by atoms with Gasteiger partial charge in [0.1, 0.15) is 11.5 Å². The number of rotatable bonds is 5. The molecule has 2 aliphatic rings. The first-order chi connectivity index (χ1) is 12.8. The van der Waals surface area contributed by atoms with Gasteiger partial charge in [0, 0.05) is 25.1 Å². The van der Waals surface area contributed by atoms with Crippen molar-refractivity contribution in [2.24, 2.45) is 17.3 Å². The van der Waals surface area contributed by atoms with E-state index < -0.39 is 11.8 Å². The second-order valence-electron chi connectivity index (χ2n) is 7.96. The Morgan fingerprint density at radius 2 is 1.96 bits per heavy atom. The van der Waals surface area contributed by atoms with Gasteiger partial charge in [-0.05, 0) is 29.5 Å². The van der Waals surface area contributed by atoms with Crippen LogP contribution in [-0.2, 0) is 20.8 Å². The number of amides is 2. The van der Waals surface area contributed by atoms with Crippen LogP contribution in [0.15, 0.2) is 36.0 Å². The predicted octanol–water partition coefficient (Wildman–Crippen LogP) is 1.99. The fourth-order valence-corrected chi connectivity index (χ4v) is 3.88. The van der Waals surface area contributed by atoms with Gasteiger partial charge in [-0.3, -0.25) is 14.4 Å². The topological polar surface area (TPSA) is 84.5 Å². The van der Waals surface area contributed by atoms with Crippen molar-refractivity contribution in [2.45, 2.75) is 33.1 Å². The maximum Gasteiger partial charge on any atom is 0.224 e. The second-order valence-corrected chi connectivity index (χ2v) is 7.96. The summed E-state index contributed by atoms with van der Waals surface area (Å²) in [5, 5.41) is 5.69. The highest BCUT2D eigenvalue weighted by Gasteiger charge is 2.45. The number of methoxy groups -OCH3 is 1. The average Bonchev–Trinajstić information content (AvgIpc) is 2.60. The molecule has 1 aliphatic heterocycles. The third-order valence-electron chi connectivity index (χ3n) is 5.16. The zero-order valence-electron chi connectivity index (χ0n) is 16.0. The van der Waals surface area contributed by atoms with E-state index in [0.717, 1.165) is 11.3 Å². The molecule has 3 rings (SSSR count). The highest BCUT2D eigenvalue weighted by molar-refractivity contribution is 5.97. The molecular formula is C21H26N2O4. The number of ether oxygens (including phenoxy) is 1. The Kier molecular flexibility index (Phi) is 5.35. The molecule has 0 spiro atoms. The molecule has 6 heteroatoms. The van der Waals surface area contributed by atoms with Gasteiger partial charge in [0.15, 0.2) is 0 Å². The zero-order valence-corrected chi connectivity index (χ0v) is 16.0. The second kappa shape index (κ2) is 7.55. The van der Waals surface area contributed by atoms with Gasteiger partial charge < -0.3 is 15.4 Å². The normalized spacial score (nSPS) is 23.7. The van der Waals surface area contributed by atoms with Gasteiger partial charge in [0.2, 0.25) is 11.8 Å². The van der Waals surface area contributed by atoms with Crippen molar-refractivity contribution in [2.75, 3.05) is 13.7 Å². The standard InChI is InChI=1S/C21H26N2O4/c1-21(2)11-16-19(17(24)12-21)15(10-18(25)23-16)20(26)22-9-8-13-4-6-14(27-3)7-5-13/h4-7,11,15,19H,8-10,12H2,1-3H3,(H,22,26)(H,23,25)/t15-,19+/m0/s1. The molecular weight excluding hydrogens is 344 g/mol. The van der Waals surface area contributed by atoms with Crippen LogP contribution in [0.3, 0.4) is 0 Å². The molecule has 144 valence electrons. The van der Waals surface area contributed by atoms with Crippen molar-refractivity contribution in [1.29, 1.82) is 0 Å². The van der Waals surface area contributed by atoms with E-state index in [4.69, 9.17) is 4.74 Å². The van der Waals surface area contributed by atoms with Crippen molar-refractivity contribution in [3.8, 4) is 5.75 Å². The summed E-state index contributed by atoms with van der Waals surface area (Å²) >= 11 is 0. The monoisotopic (exact) mass is 370 g/mol. The summed E-state index contributed by atoms with van der Waals surface area (Å²) in [6.45, 7) is 4.37. The van der Waals surface area contributed by atoms with Crippen LogP contribution in [0.5, 0.6) is 5.75 Å². The highest BCUT2D eigenvalue weighted by atomic mass is 16.5. The molecule has 1 aromatic rings. The molecule has 27 heavy (non-hydrogen) atoms. The Hall–Kier alpha value is -2.63. The fourth-order valence-electron chi connectivity index (χ4n) is 3.88. The highest BCUT2D eigenvalue weighted by Crippen LogP contribution is 2.39. The summed E-state index contributed by atoms with van der Waals surface area (Å²) < 4.78 is 5.13. The number of carbonyl (C=O) groups excluding carboxylic acids is 3. The predicted molar refractivity (Wildman–Crippen MR) is 101 cm³/mol. The molecule has 1 heterocycles. The average molecular weight is 370 g/mol. The van der Waals surface area contributed by atoms with Crippen molar-refractivity contribution < 1.29 is 19.1 Å². The van der Waals surface area contributed by atoms with Crippen LogP contribution in [-0.4, -0.2) is 31.3 Å². The Labute approximate surface area is 159 Å². The van der Waals surface area contributed by atoms with Gasteiger partial charge in [-0.15, -0.1) is 0 Å². The maximum absolute atomic E-state index is 12.7. The third-order valence-corrected chi connectivity index (χ3v) is 5.16. The first kappa shape index (κ1) is 19.1. The fraction of sp³-hybridized carbons (Fsp3) is 0.476. The number of ketones is 1. The van der Waals surface area contributed by atoms with Gasteiger partial charge in [-0.25, -0.2) is 0 Å². The molecule has 2 N–H and O–H groups in total. The summed E-state index contributed by atoms with van der Waals surface area (Å²) in [6.07, 6.45) is 3.02. The molecule has 2 atom stereocenters. The molecule has 6 nitrogen and oxygen atoms in total. The Morgan fingerprint density at radius 1 is 1.26 bits per heavy atom. The summed E-state index contributed by atoms with van der Waals surface area (Å²) in [5.41, 5.74) is 1.36. The van der Waals surface area contributed by atoms with Crippen molar-refractivity contribution >= 4 is 17.6 Å². The number of Topliss-reactive ketones (excluding diaryl/α,β-unsaturated/α-hetero) is 1. The van der Waals surface area contributed by atoms with Crippen LogP contribution in [0.1, 0.15) is 32.3 Å². The van der Waals surface area contributed by atoms with E-state index in [9.17, 15) is 14.4 Å². The van der Waals surface area contributed by atoms with Gasteiger partial charge in [0.25, 0.3) is 0 Å². The number of hydrogen-bond donors (Lipinski definition) is 2. The lowest BCUT2D eigenvalue weighted by molar-refractivity contribution is -0.139. The van der Waals surface area contributed by atoms with Crippen molar-refractivity contribution in [3.63, 3.8) is 0 Å². The Bertz CT molecular complexity index is 780. The number of carbonyl (C=O) groups is 3. The number of fused-ring (bicyclic) bond motifs is 1. The van der Waals surface area contributed by atoms with Crippen molar-refractivity contribution in [1.82, 2.24) is 10.6 Å². The molecule has 1 aliphatic carbocycles. The Balaban J connectivity index is 1.64. The molecule has 0 radical (unpaired) electrons. The lowest BCUT2D eigenvalue weighted by Gasteiger charge is -2.38. The quantitative estimate of drug-likeness (QED) is 0.830. The van der Waals surface area contributed by atoms with Crippen LogP contribution in [0.2, 0.25) is 0 Å². The molecule has 1 aromatic carbocycles. The van der Waals surface area contributed by atoms with E-state index in [-0.39, 0.29) is 29.4 Å². The first-order valence-electron chi connectivity index (χ1n) is 9.25. The van der Waals surface area contributed by atoms with E-state index in [0.29, 0.717) is 25.1 Å². The largest absolute Gasteiger partial charge is 0.497 e. The summed E-state index contributed by atoms with van der Waals surface area (Å²) in [7, 11) is 1.62. The van der Waals surface area contributed by atoms with Crippen LogP contribution in [0.4, 0.5) is 0 Å². The Morgan fingerprint density at radius 3 is 2.63 bits per heavy atom. The number of benzene rings is 1. The summed E-state index contributed by atoms with van der Waals surface area (Å²) in [5.74, 6) is -0.816. The van der Waals surface area contributed by atoms with Gasteiger partial charge in [0.05, 0.1) is 18.9 Å². The minimum atomic E-state index is -0.635. The number of hydrogen-bond acceptors (Lipinski definition) is 4. The van der Waals surface area contributed by atoms with E-state index in [1.165, 1.54) is 0 Å². The summed E-state index contributed by atoms with van der Waals surface area (Å²) in [4.78, 5) is 37.4. The van der Waals surface area contributed by atoms with Crippen LogP contribution < -0.4 is 15.4 Å². The summed E-state index contributed by atoms with van der Waals surface area (Å²) in [6, 6.07) is 7.66. The van der Waals surface area contributed by atoms with Crippen molar-refractivity contribution in [3.05, 3.63) is 41.6 Å². The van der Waals surface area contributed by atoms with Gasteiger partial charge in [-0.1, -0.05) is 32.1 Å². The van der Waals surface area contributed by atoms with E-state index in [1.54, 1.807) is 7.11 Å². The molecule has 0 saturated carbocycles. The molecule has 0 unspecified atom stereocenters. The lowest BCUT2D eigenvalue weighted by atomic mass is 9.69. The van der Waals surface area contributed by atoms with E-state index in [1.807, 2.05) is 44.2 Å². The van der Waals surface area contributed by atoms with Crippen LogP contribution in [0.25, 0.3) is 0 Å². The first-order valence-corrected chi connectivity index (χ1v) is 9.25. The number of nitrogens with one attached hydrogen (secondary N) is 2. The molecule has 2 amide bonds. The number of allylic oxidation sites excluding steroid dienone is 2. The minimum absolute atomic E-state index is 0.0211. The molecule has 1 saturated heterocycles. The van der Waals surface area contributed by atoms with E-state index in [2.05, 4.69) is 10.6 Å². The SMILES string of the molecule is COc1ccc(CCNC(=O)[C@H]2CC(=O)NC3=CC(C)(C)CC(=O)[C@@H]32)cc1. The minimum Gasteiger partial charge on any atom is -0.497 e. The molecule has 0 bridgehead atoms. The van der Waals surface area contributed by atoms with E-state index >= 15 is 0 Å². The zero-order chi connectivity index (χ0) is 19.6. The lowest BCUT2D eigenvalue weighted by Crippen LogP contribution is -2.51. The molecule has 1 fully saturated rings. The van der Waals surface area contributed by atoms with Gasteiger partial charge >= 0.3 is 0 Å². The number of piperidine rings is 1. The van der Waals surface area contributed by atoms with Crippen LogP contribution >= 0.6 is 0 Å². The third kappa shape index (κ3) is 4.38. The smallest absolute Gasteiger partial charge is 0.224 e. The molecule has 0 aromatic heterocycles. The maximum atomic E-state index is 12.7.